The van der Waals surface area contributed by atoms with E-state index in [4.69, 9.17) is 10.8 Å². The number of hydrogen-bond donors (Lipinski definition) is 2. The molecular formula is C13H18BrN3. The van der Waals surface area contributed by atoms with Crippen molar-refractivity contribution in [3.8, 4) is 0 Å². The highest BCUT2D eigenvalue weighted by Crippen LogP contribution is 2.36. The van der Waals surface area contributed by atoms with Gasteiger partial charge in [0.05, 0.1) is 12.7 Å². The third-order valence-corrected chi connectivity index (χ3v) is 3.33. The molecule has 0 spiro atoms. The molecule has 0 unspecified atom stereocenters. The molecule has 0 atom stereocenters. The van der Waals surface area contributed by atoms with Gasteiger partial charge in [0.1, 0.15) is 0 Å². The summed E-state index contributed by atoms with van der Waals surface area (Å²) < 4.78 is 1.21. The first-order chi connectivity index (χ1) is 8.17. The number of halogens is 1. The molecule has 0 aromatic heterocycles. The van der Waals surface area contributed by atoms with E-state index in [0.29, 0.717) is 0 Å². The van der Waals surface area contributed by atoms with Crippen molar-refractivity contribution >= 4 is 28.6 Å². The van der Waals surface area contributed by atoms with E-state index in [1.165, 1.54) is 34.2 Å². The maximum atomic E-state index is 6.46. The maximum Gasteiger partial charge on any atom is 0.0865 e. The van der Waals surface area contributed by atoms with Gasteiger partial charge in [-0.2, -0.15) is 0 Å². The average molecular weight is 296 g/mol. The molecule has 1 aliphatic rings. The van der Waals surface area contributed by atoms with E-state index in [1.807, 2.05) is 0 Å². The molecule has 0 saturated heterocycles. The summed E-state index contributed by atoms with van der Waals surface area (Å²) in [5.41, 5.74) is 1.51. The van der Waals surface area contributed by atoms with Crippen LogP contribution in [0.15, 0.2) is 28.7 Å². The predicted octanol–water partition coefficient (Wildman–Crippen LogP) is 3.85. The molecule has 0 bridgehead atoms. The van der Waals surface area contributed by atoms with Crippen LogP contribution in [0.5, 0.6) is 0 Å². The van der Waals surface area contributed by atoms with Gasteiger partial charge in [0, 0.05) is 11.5 Å². The van der Waals surface area contributed by atoms with Crippen molar-refractivity contribution in [1.29, 1.82) is 10.8 Å². The van der Waals surface area contributed by atoms with E-state index in [2.05, 4.69) is 40.2 Å². The van der Waals surface area contributed by atoms with Crippen molar-refractivity contribution in [2.24, 2.45) is 0 Å². The summed E-state index contributed by atoms with van der Waals surface area (Å²) in [6, 6.07) is 8.68. The van der Waals surface area contributed by atoms with Gasteiger partial charge >= 0.3 is 0 Å². The summed E-state index contributed by atoms with van der Waals surface area (Å²) in [5, 5.41) is 12.9. The molecule has 2 N–H and O–H groups in total. The molecule has 0 radical (unpaired) electrons. The number of hydrogen-bond acceptors (Lipinski definition) is 2. The molecule has 0 heterocycles. The minimum atomic E-state index is 0.854. The fourth-order valence-electron chi connectivity index (χ4n) is 1.54. The number of rotatable bonds is 3. The van der Waals surface area contributed by atoms with E-state index in [-0.39, 0.29) is 0 Å². The van der Waals surface area contributed by atoms with Gasteiger partial charge in [-0.05, 0) is 36.5 Å². The summed E-state index contributed by atoms with van der Waals surface area (Å²) in [4.78, 5) is 1.33. The van der Waals surface area contributed by atoms with Crippen LogP contribution in [-0.4, -0.2) is 24.6 Å². The van der Waals surface area contributed by atoms with E-state index in [1.54, 1.807) is 7.05 Å². The van der Waals surface area contributed by atoms with Crippen LogP contribution in [0.3, 0.4) is 0 Å². The predicted molar refractivity (Wildman–Crippen MR) is 76.1 cm³/mol. The quantitative estimate of drug-likeness (QED) is 0.646. The third-order valence-electron chi connectivity index (χ3n) is 2.83. The molecule has 1 aromatic carbocycles. The lowest BCUT2D eigenvalue weighted by Crippen LogP contribution is -2.10. The Morgan fingerprint density at radius 2 is 1.94 bits per heavy atom. The standard InChI is InChI=1S/C10H11Br.C3H7N3/c11-10-6-2-5-9(7-10)8-3-1-4-8;1-6(2-4)3-5/h2,5-8H,1,3-4H2;2-5H,1H3. The highest BCUT2D eigenvalue weighted by Gasteiger charge is 2.18. The summed E-state index contributed by atoms with van der Waals surface area (Å²) in [6.45, 7) is 0. The van der Waals surface area contributed by atoms with E-state index in [0.717, 1.165) is 18.6 Å². The van der Waals surface area contributed by atoms with Crippen LogP contribution in [0, 0.1) is 10.8 Å². The van der Waals surface area contributed by atoms with Crippen LogP contribution in [0.1, 0.15) is 30.7 Å². The molecule has 1 saturated carbocycles. The van der Waals surface area contributed by atoms with Gasteiger partial charge in [0.2, 0.25) is 0 Å². The third kappa shape index (κ3) is 4.69. The molecule has 3 nitrogen and oxygen atoms in total. The van der Waals surface area contributed by atoms with Gasteiger partial charge in [0.15, 0.2) is 0 Å². The molecule has 1 aliphatic carbocycles. The first kappa shape index (κ1) is 13.9. The fourth-order valence-corrected chi connectivity index (χ4v) is 1.96. The highest BCUT2D eigenvalue weighted by molar-refractivity contribution is 9.10. The molecule has 0 aliphatic heterocycles. The highest BCUT2D eigenvalue weighted by atomic mass is 79.9. The van der Waals surface area contributed by atoms with Crippen LogP contribution in [0.2, 0.25) is 0 Å². The molecule has 1 fully saturated rings. The Balaban J connectivity index is 0.000000209. The number of nitrogens with one attached hydrogen (secondary N) is 2. The van der Waals surface area contributed by atoms with Crippen LogP contribution in [-0.2, 0) is 0 Å². The lowest BCUT2D eigenvalue weighted by molar-refractivity contribution is 0.419. The van der Waals surface area contributed by atoms with Crippen molar-refractivity contribution < 1.29 is 0 Å². The molecule has 2 rings (SSSR count). The minimum absolute atomic E-state index is 0.854. The first-order valence-corrected chi connectivity index (χ1v) is 6.45. The lowest BCUT2D eigenvalue weighted by Gasteiger charge is -2.25. The zero-order valence-electron chi connectivity index (χ0n) is 9.99. The van der Waals surface area contributed by atoms with Crippen LogP contribution < -0.4 is 0 Å². The van der Waals surface area contributed by atoms with Crippen molar-refractivity contribution in [3.63, 3.8) is 0 Å². The van der Waals surface area contributed by atoms with Gasteiger partial charge in [0.25, 0.3) is 0 Å². The maximum absolute atomic E-state index is 6.46. The molecule has 1 aromatic rings. The van der Waals surface area contributed by atoms with Gasteiger partial charge in [-0.25, -0.2) is 0 Å². The Labute approximate surface area is 111 Å². The molecule has 17 heavy (non-hydrogen) atoms. The zero-order chi connectivity index (χ0) is 12.7. The fraction of sp³-hybridized carbons (Fsp3) is 0.385. The summed E-state index contributed by atoms with van der Waals surface area (Å²) >= 11 is 3.48. The average Bonchev–Trinajstić information content (AvgIpc) is 2.27. The second-order valence-electron chi connectivity index (χ2n) is 4.11. The monoisotopic (exact) mass is 295 g/mol. The van der Waals surface area contributed by atoms with Gasteiger partial charge < -0.3 is 4.90 Å². The van der Waals surface area contributed by atoms with Crippen LogP contribution in [0.25, 0.3) is 0 Å². The van der Waals surface area contributed by atoms with Gasteiger partial charge in [-0.1, -0.05) is 34.5 Å². The van der Waals surface area contributed by atoms with Crippen LogP contribution >= 0.6 is 15.9 Å². The Bertz CT molecular complexity index is 367. The Morgan fingerprint density at radius 3 is 2.29 bits per heavy atom. The summed E-state index contributed by atoms with van der Waals surface area (Å²) in [5.74, 6) is 0.854. The van der Waals surface area contributed by atoms with E-state index < -0.39 is 0 Å². The van der Waals surface area contributed by atoms with Gasteiger partial charge in [-0.15, -0.1) is 0 Å². The Hall–Kier alpha value is -1.16. The molecule has 0 amide bonds. The van der Waals surface area contributed by atoms with Crippen molar-refractivity contribution in [3.05, 3.63) is 34.3 Å². The second kappa shape index (κ2) is 7.22. The lowest BCUT2D eigenvalue weighted by atomic mass is 9.80. The number of benzene rings is 1. The van der Waals surface area contributed by atoms with Crippen molar-refractivity contribution in [2.75, 3.05) is 7.05 Å². The van der Waals surface area contributed by atoms with Crippen LogP contribution in [0.4, 0.5) is 0 Å². The normalized spacial score (nSPS) is 14.0. The van der Waals surface area contributed by atoms with Crippen molar-refractivity contribution in [1.82, 2.24) is 4.90 Å². The number of nitrogens with zero attached hydrogens (tertiary/aromatic N) is 1. The Morgan fingerprint density at radius 1 is 1.29 bits per heavy atom. The van der Waals surface area contributed by atoms with E-state index in [9.17, 15) is 0 Å². The second-order valence-corrected chi connectivity index (χ2v) is 5.02. The molecule has 4 heteroatoms. The molecular weight excluding hydrogens is 278 g/mol. The molecule has 92 valence electrons. The van der Waals surface area contributed by atoms with E-state index >= 15 is 0 Å². The van der Waals surface area contributed by atoms with Crippen molar-refractivity contribution in [2.45, 2.75) is 25.2 Å². The zero-order valence-corrected chi connectivity index (χ0v) is 11.6. The summed E-state index contributed by atoms with van der Waals surface area (Å²) in [6.07, 6.45) is 6.31. The topological polar surface area (TPSA) is 50.9 Å². The largest absolute Gasteiger partial charge is 0.327 e. The SMILES string of the molecule is Brc1cccc(C2CCC2)c1.CN(C=N)C=N. The Kier molecular flexibility index (Phi) is 5.91. The summed E-state index contributed by atoms with van der Waals surface area (Å²) in [7, 11) is 1.62. The minimum Gasteiger partial charge on any atom is -0.327 e. The smallest absolute Gasteiger partial charge is 0.0865 e. The van der Waals surface area contributed by atoms with Gasteiger partial charge in [-0.3, -0.25) is 10.8 Å². The first-order valence-electron chi connectivity index (χ1n) is 5.66.